The molecule has 2 aromatic heterocycles. The molecular weight excluding hydrogens is 434 g/mol. The number of amides is 3. The molecule has 2 fully saturated rings. The first-order chi connectivity index (χ1) is 15.5. The third kappa shape index (κ3) is 4.06. The molecule has 0 radical (unpaired) electrons. The SMILES string of the molecule is CC1NNC(C(=O)Nc2cnc3[nH]c(C4=CCN(C(=O)N5CCOCC5)C4)cc3c2)C1Cl. The molecule has 3 aliphatic heterocycles. The standard InChI is InChI=1S/C21H26ClN7O3/c1-12-17(22)18(27-26-12)20(30)24-15-8-14-9-16(25-19(14)23-10-15)13-2-3-29(11-13)21(31)28-4-6-32-7-5-28/h2,8-10,12,17-18,26-27H,3-7,11H2,1H3,(H,23,25)(H,24,30). The van der Waals surface area contributed by atoms with Crippen LogP contribution >= 0.6 is 11.6 Å². The number of urea groups is 1. The van der Waals surface area contributed by atoms with Gasteiger partial charge in [-0.3, -0.25) is 10.2 Å². The molecule has 4 N–H and O–H groups in total. The van der Waals surface area contributed by atoms with Gasteiger partial charge >= 0.3 is 6.03 Å². The number of carbonyl (C=O) groups excluding carboxylic acids is 2. The molecular formula is C21H26ClN7O3. The topological polar surface area (TPSA) is 115 Å². The first kappa shape index (κ1) is 21.2. The second-order valence-electron chi connectivity index (χ2n) is 8.33. The fourth-order valence-electron chi connectivity index (χ4n) is 4.21. The minimum Gasteiger partial charge on any atom is -0.378 e. The van der Waals surface area contributed by atoms with Crippen LogP contribution in [0.25, 0.3) is 16.6 Å². The summed E-state index contributed by atoms with van der Waals surface area (Å²) >= 11 is 6.29. The van der Waals surface area contributed by atoms with Gasteiger partial charge in [0, 0.05) is 43.3 Å². The Bertz CT molecular complexity index is 1060. The lowest BCUT2D eigenvalue weighted by Gasteiger charge is -2.31. The Balaban J connectivity index is 1.25. The number of fused-ring (bicyclic) bond motifs is 1. The van der Waals surface area contributed by atoms with E-state index in [4.69, 9.17) is 16.3 Å². The molecule has 0 aromatic carbocycles. The monoisotopic (exact) mass is 459 g/mol. The summed E-state index contributed by atoms with van der Waals surface area (Å²) in [4.78, 5) is 36.7. The normalized spacial score (nSPS) is 25.9. The number of aromatic nitrogens is 2. The number of hydrogen-bond donors (Lipinski definition) is 4. The van der Waals surface area contributed by atoms with Crippen LogP contribution in [0.3, 0.4) is 0 Å². The highest BCUT2D eigenvalue weighted by Gasteiger charge is 2.36. The molecule has 3 aliphatic rings. The van der Waals surface area contributed by atoms with E-state index in [1.165, 1.54) is 0 Å². The lowest BCUT2D eigenvalue weighted by molar-refractivity contribution is -0.117. The number of aromatic amines is 1. The van der Waals surface area contributed by atoms with E-state index in [2.05, 4.69) is 32.2 Å². The van der Waals surface area contributed by atoms with Gasteiger partial charge in [-0.05, 0) is 24.6 Å². The number of morpholine rings is 1. The average molecular weight is 460 g/mol. The van der Waals surface area contributed by atoms with Gasteiger partial charge in [-0.2, -0.15) is 0 Å². The number of nitrogens with zero attached hydrogens (tertiary/aromatic N) is 3. The number of carbonyl (C=O) groups is 2. The van der Waals surface area contributed by atoms with Crippen LogP contribution in [0.1, 0.15) is 12.6 Å². The number of hydrazine groups is 1. The number of ether oxygens (including phenoxy) is 1. The Morgan fingerprint density at radius 2 is 2.03 bits per heavy atom. The Labute approximate surface area is 190 Å². The zero-order chi connectivity index (χ0) is 22.2. The van der Waals surface area contributed by atoms with Crippen LogP contribution in [0.15, 0.2) is 24.4 Å². The van der Waals surface area contributed by atoms with Crippen LogP contribution in [0.4, 0.5) is 10.5 Å². The van der Waals surface area contributed by atoms with E-state index in [-0.39, 0.29) is 23.4 Å². The molecule has 0 spiro atoms. The molecule has 2 saturated heterocycles. The number of hydrogen-bond acceptors (Lipinski definition) is 6. The second-order valence-corrected chi connectivity index (χ2v) is 8.83. The minimum atomic E-state index is -0.525. The minimum absolute atomic E-state index is 0.00497. The van der Waals surface area contributed by atoms with E-state index >= 15 is 0 Å². The Morgan fingerprint density at radius 3 is 2.78 bits per heavy atom. The molecule has 0 aliphatic carbocycles. The van der Waals surface area contributed by atoms with Crippen molar-refractivity contribution in [3.8, 4) is 0 Å². The highest BCUT2D eigenvalue weighted by Crippen LogP contribution is 2.26. The van der Waals surface area contributed by atoms with Gasteiger partial charge < -0.3 is 24.8 Å². The van der Waals surface area contributed by atoms with Gasteiger partial charge in [-0.15, -0.1) is 11.6 Å². The maximum absolute atomic E-state index is 12.7. The molecule has 5 heterocycles. The van der Waals surface area contributed by atoms with Crippen molar-refractivity contribution in [3.05, 3.63) is 30.1 Å². The molecule has 3 amide bonds. The predicted octanol–water partition coefficient (Wildman–Crippen LogP) is 1.12. The number of H-pyrrole nitrogens is 1. The van der Waals surface area contributed by atoms with Crippen LogP contribution in [-0.4, -0.2) is 88.6 Å². The largest absolute Gasteiger partial charge is 0.378 e. The van der Waals surface area contributed by atoms with Crippen molar-refractivity contribution in [1.82, 2.24) is 30.6 Å². The second kappa shape index (κ2) is 8.70. The van der Waals surface area contributed by atoms with Crippen molar-refractivity contribution in [2.75, 3.05) is 44.7 Å². The summed E-state index contributed by atoms with van der Waals surface area (Å²) in [7, 11) is 0. The number of alkyl halides is 1. The molecule has 2 aromatic rings. The third-order valence-electron chi connectivity index (χ3n) is 6.10. The number of halogens is 1. The van der Waals surface area contributed by atoms with E-state index in [1.54, 1.807) is 6.20 Å². The van der Waals surface area contributed by atoms with E-state index in [9.17, 15) is 9.59 Å². The molecule has 5 rings (SSSR count). The summed E-state index contributed by atoms with van der Waals surface area (Å²) in [6, 6.07) is 3.38. The number of nitrogens with one attached hydrogen (secondary N) is 4. The quantitative estimate of drug-likeness (QED) is 0.511. The fourth-order valence-corrected chi connectivity index (χ4v) is 4.45. The molecule has 170 valence electrons. The van der Waals surface area contributed by atoms with Gasteiger partial charge in [0.25, 0.3) is 0 Å². The molecule has 3 unspecified atom stereocenters. The number of pyridine rings is 1. The zero-order valence-corrected chi connectivity index (χ0v) is 18.5. The van der Waals surface area contributed by atoms with Crippen molar-refractivity contribution >= 4 is 45.8 Å². The highest BCUT2D eigenvalue weighted by molar-refractivity contribution is 6.24. The molecule has 0 saturated carbocycles. The van der Waals surface area contributed by atoms with Gasteiger partial charge in [-0.1, -0.05) is 6.08 Å². The molecule has 10 nitrogen and oxygen atoms in total. The summed E-state index contributed by atoms with van der Waals surface area (Å²) in [6.07, 6.45) is 3.68. The van der Waals surface area contributed by atoms with E-state index < -0.39 is 6.04 Å². The van der Waals surface area contributed by atoms with Gasteiger partial charge in [0.2, 0.25) is 5.91 Å². The van der Waals surface area contributed by atoms with Crippen molar-refractivity contribution in [1.29, 1.82) is 0 Å². The van der Waals surface area contributed by atoms with Gasteiger partial charge in [-0.25, -0.2) is 15.2 Å². The Morgan fingerprint density at radius 1 is 1.22 bits per heavy atom. The summed E-state index contributed by atoms with van der Waals surface area (Å²) < 4.78 is 5.33. The van der Waals surface area contributed by atoms with Crippen molar-refractivity contribution in [2.24, 2.45) is 0 Å². The van der Waals surface area contributed by atoms with Crippen molar-refractivity contribution in [3.63, 3.8) is 0 Å². The van der Waals surface area contributed by atoms with E-state index in [0.29, 0.717) is 45.1 Å². The first-order valence-electron chi connectivity index (χ1n) is 10.8. The van der Waals surface area contributed by atoms with Gasteiger partial charge in [0.15, 0.2) is 0 Å². The Kier molecular flexibility index (Phi) is 5.76. The van der Waals surface area contributed by atoms with Gasteiger partial charge in [0.05, 0.1) is 30.5 Å². The van der Waals surface area contributed by atoms with Crippen LogP contribution in [0.5, 0.6) is 0 Å². The molecule has 0 bridgehead atoms. The molecule has 3 atom stereocenters. The summed E-state index contributed by atoms with van der Waals surface area (Å²) in [5, 5.41) is 3.41. The van der Waals surface area contributed by atoms with Crippen LogP contribution in [0.2, 0.25) is 0 Å². The number of rotatable bonds is 3. The first-order valence-corrected chi connectivity index (χ1v) is 11.2. The zero-order valence-electron chi connectivity index (χ0n) is 17.7. The van der Waals surface area contributed by atoms with Crippen molar-refractivity contribution in [2.45, 2.75) is 24.4 Å². The maximum Gasteiger partial charge on any atom is 0.320 e. The summed E-state index contributed by atoms with van der Waals surface area (Å²) in [5.41, 5.74) is 9.19. The molecule has 32 heavy (non-hydrogen) atoms. The smallest absolute Gasteiger partial charge is 0.320 e. The number of anilines is 1. The summed E-state index contributed by atoms with van der Waals surface area (Å²) in [5.74, 6) is -0.213. The van der Waals surface area contributed by atoms with Gasteiger partial charge in [0.1, 0.15) is 11.7 Å². The van der Waals surface area contributed by atoms with E-state index in [1.807, 2.05) is 28.9 Å². The van der Waals surface area contributed by atoms with Crippen LogP contribution < -0.4 is 16.2 Å². The lowest BCUT2D eigenvalue weighted by Crippen LogP contribution is -2.47. The van der Waals surface area contributed by atoms with Crippen molar-refractivity contribution < 1.29 is 14.3 Å². The summed E-state index contributed by atoms with van der Waals surface area (Å²) in [6.45, 7) is 5.48. The van der Waals surface area contributed by atoms with Crippen LogP contribution in [0, 0.1) is 0 Å². The third-order valence-corrected chi connectivity index (χ3v) is 6.73. The van der Waals surface area contributed by atoms with Crippen LogP contribution in [-0.2, 0) is 9.53 Å². The average Bonchev–Trinajstić information content (AvgIpc) is 3.53. The maximum atomic E-state index is 12.7. The highest BCUT2D eigenvalue weighted by atomic mass is 35.5. The molecule has 11 heteroatoms. The fraction of sp³-hybridized carbons (Fsp3) is 0.476. The van der Waals surface area contributed by atoms with E-state index in [0.717, 1.165) is 22.3 Å². The Hall–Kier alpha value is -2.66. The predicted molar refractivity (Wildman–Crippen MR) is 121 cm³/mol. The lowest BCUT2D eigenvalue weighted by atomic mass is 10.1.